The second kappa shape index (κ2) is 7.24. The smallest absolute Gasteiger partial charge is 0.173 e. The Hall–Kier alpha value is -2.53. The molecule has 0 radical (unpaired) electrons. The number of ether oxygens (including phenoxy) is 2. The number of benzene rings is 2. The first-order valence-electron chi connectivity index (χ1n) is 8.95. The van der Waals surface area contributed by atoms with E-state index >= 15 is 0 Å². The van der Waals surface area contributed by atoms with Crippen LogP contribution in [0.3, 0.4) is 0 Å². The van der Waals surface area contributed by atoms with Crippen LogP contribution in [0.15, 0.2) is 41.4 Å². The summed E-state index contributed by atoms with van der Waals surface area (Å²) in [5.41, 5.74) is 5.12. The summed E-state index contributed by atoms with van der Waals surface area (Å²) in [7, 11) is 0. The van der Waals surface area contributed by atoms with Crippen molar-refractivity contribution in [2.75, 3.05) is 19.0 Å². The molecule has 27 heavy (non-hydrogen) atoms. The number of nitrogens with zero attached hydrogens (tertiary/aromatic N) is 1. The highest BCUT2D eigenvalue weighted by molar-refractivity contribution is 8.00. The van der Waals surface area contributed by atoms with Crippen LogP contribution in [0.5, 0.6) is 11.5 Å². The molecule has 0 saturated heterocycles. The Kier molecular flexibility index (Phi) is 4.79. The van der Waals surface area contributed by atoms with E-state index in [2.05, 4.69) is 32.0 Å². The molecule has 5 heteroatoms. The predicted molar refractivity (Wildman–Crippen MR) is 108 cm³/mol. The van der Waals surface area contributed by atoms with Crippen molar-refractivity contribution >= 4 is 28.4 Å². The lowest BCUT2D eigenvalue weighted by molar-refractivity contribution is 0.102. The highest BCUT2D eigenvalue weighted by Gasteiger charge is 2.16. The lowest BCUT2D eigenvalue weighted by Crippen LogP contribution is -2.16. The molecule has 0 spiro atoms. The number of rotatable bonds is 4. The fraction of sp³-hybridized carbons (Fsp3) is 0.273. The number of pyridine rings is 1. The van der Waals surface area contributed by atoms with E-state index in [1.54, 1.807) is 18.2 Å². The summed E-state index contributed by atoms with van der Waals surface area (Å²) in [4.78, 5) is 17.5. The molecular formula is C22H21NO3S. The Morgan fingerprint density at radius 1 is 1.00 bits per heavy atom. The van der Waals surface area contributed by atoms with Crippen molar-refractivity contribution in [1.29, 1.82) is 0 Å². The Labute approximate surface area is 162 Å². The standard InChI is InChI=1S/C22H21NO3S/c1-13-8-14(2)21-17(9-13)10-15(3)22(23-21)27-12-18(24)16-4-5-19-20(11-16)26-7-6-25-19/h4-5,8-11H,6-7,12H2,1-3H3. The number of hydrogen-bond donors (Lipinski definition) is 0. The average Bonchev–Trinajstić information content (AvgIpc) is 2.65. The van der Waals surface area contributed by atoms with Crippen LogP contribution >= 0.6 is 11.8 Å². The number of fused-ring (bicyclic) bond motifs is 2. The maximum Gasteiger partial charge on any atom is 0.173 e. The number of thioether (sulfide) groups is 1. The van der Waals surface area contributed by atoms with Gasteiger partial charge < -0.3 is 9.47 Å². The molecule has 0 unspecified atom stereocenters. The van der Waals surface area contributed by atoms with Gasteiger partial charge in [-0.3, -0.25) is 4.79 Å². The average molecular weight is 379 g/mol. The highest BCUT2D eigenvalue weighted by atomic mass is 32.2. The third-order valence-corrected chi connectivity index (χ3v) is 5.69. The summed E-state index contributed by atoms with van der Waals surface area (Å²) < 4.78 is 11.1. The molecule has 0 N–H and O–H groups in total. The zero-order chi connectivity index (χ0) is 19.0. The Morgan fingerprint density at radius 2 is 1.78 bits per heavy atom. The minimum atomic E-state index is 0.0545. The molecule has 3 aromatic rings. The zero-order valence-electron chi connectivity index (χ0n) is 15.7. The second-order valence-corrected chi connectivity index (χ2v) is 7.80. The van der Waals surface area contributed by atoms with Gasteiger partial charge in [-0.25, -0.2) is 4.98 Å². The van der Waals surface area contributed by atoms with E-state index in [9.17, 15) is 4.79 Å². The van der Waals surface area contributed by atoms with Crippen LogP contribution in [0.1, 0.15) is 27.0 Å². The minimum absolute atomic E-state index is 0.0545. The molecule has 2 aromatic carbocycles. The van der Waals surface area contributed by atoms with E-state index in [4.69, 9.17) is 14.5 Å². The summed E-state index contributed by atoms with van der Waals surface area (Å²) in [5.74, 6) is 1.73. The Morgan fingerprint density at radius 3 is 2.59 bits per heavy atom. The molecular weight excluding hydrogens is 358 g/mol. The molecule has 0 amide bonds. The number of Topliss-reactive ketones (excluding diaryl/α,β-unsaturated/α-hetero) is 1. The van der Waals surface area contributed by atoms with Crippen LogP contribution in [0.25, 0.3) is 10.9 Å². The number of hydrogen-bond acceptors (Lipinski definition) is 5. The molecule has 0 bridgehead atoms. The van der Waals surface area contributed by atoms with E-state index in [1.165, 1.54) is 17.3 Å². The number of aryl methyl sites for hydroxylation is 3. The van der Waals surface area contributed by atoms with E-state index in [0.717, 1.165) is 27.1 Å². The van der Waals surface area contributed by atoms with Crippen LogP contribution in [-0.4, -0.2) is 29.7 Å². The molecule has 4 nitrogen and oxygen atoms in total. The topological polar surface area (TPSA) is 48.4 Å². The van der Waals surface area contributed by atoms with Gasteiger partial charge in [-0.2, -0.15) is 0 Å². The van der Waals surface area contributed by atoms with Crippen molar-refractivity contribution in [2.45, 2.75) is 25.8 Å². The Bertz CT molecular complexity index is 1050. The monoisotopic (exact) mass is 379 g/mol. The van der Waals surface area contributed by atoms with Crippen LogP contribution in [0, 0.1) is 20.8 Å². The van der Waals surface area contributed by atoms with Crippen LogP contribution in [0.2, 0.25) is 0 Å². The zero-order valence-corrected chi connectivity index (χ0v) is 16.5. The first-order valence-corrected chi connectivity index (χ1v) is 9.94. The minimum Gasteiger partial charge on any atom is -0.486 e. The number of aromatic nitrogens is 1. The maximum atomic E-state index is 12.6. The lowest BCUT2D eigenvalue weighted by atomic mass is 10.1. The van der Waals surface area contributed by atoms with Crippen molar-refractivity contribution in [2.24, 2.45) is 0 Å². The molecule has 0 aliphatic carbocycles. The van der Waals surface area contributed by atoms with Gasteiger partial charge in [-0.1, -0.05) is 23.4 Å². The number of carbonyl (C=O) groups excluding carboxylic acids is 1. The fourth-order valence-corrected chi connectivity index (χ4v) is 4.20. The summed E-state index contributed by atoms with van der Waals surface area (Å²) >= 11 is 1.48. The number of ketones is 1. The van der Waals surface area contributed by atoms with Crippen molar-refractivity contribution in [1.82, 2.24) is 4.98 Å². The van der Waals surface area contributed by atoms with E-state index in [0.29, 0.717) is 36.0 Å². The summed E-state index contributed by atoms with van der Waals surface area (Å²) in [6.45, 7) is 7.27. The molecule has 0 saturated carbocycles. The predicted octanol–water partition coefficient (Wildman–Crippen LogP) is 4.91. The van der Waals surface area contributed by atoms with E-state index < -0.39 is 0 Å². The number of carbonyl (C=O) groups is 1. The second-order valence-electron chi connectivity index (χ2n) is 6.83. The van der Waals surface area contributed by atoms with Crippen molar-refractivity contribution < 1.29 is 14.3 Å². The Balaban J connectivity index is 1.54. The van der Waals surface area contributed by atoms with Gasteiger partial charge in [0.15, 0.2) is 17.3 Å². The van der Waals surface area contributed by atoms with E-state index in [1.807, 2.05) is 6.92 Å². The van der Waals surface area contributed by atoms with Gasteiger partial charge in [0.1, 0.15) is 18.2 Å². The quantitative estimate of drug-likeness (QED) is 0.476. The van der Waals surface area contributed by atoms with Gasteiger partial charge in [0.2, 0.25) is 0 Å². The molecule has 138 valence electrons. The summed E-state index contributed by atoms with van der Waals surface area (Å²) in [5, 5.41) is 2.05. The molecule has 0 fully saturated rings. The van der Waals surface area contributed by atoms with Gasteiger partial charge in [0.25, 0.3) is 0 Å². The third kappa shape index (κ3) is 3.65. The summed E-state index contributed by atoms with van der Waals surface area (Å²) in [6, 6.07) is 11.8. The molecule has 1 aromatic heterocycles. The van der Waals surface area contributed by atoms with Crippen molar-refractivity contribution in [3.8, 4) is 11.5 Å². The first kappa shape index (κ1) is 17.9. The van der Waals surface area contributed by atoms with Gasteiger partial charge in [0, 0.05) is 10.9 Å². The van der Waals surface area contributed by atoms with Crippen molar-refractivity contribution in [3.63, 3.8) is 0 Å². The first-order chi connectivity index (χ1) is 13.0. The normalized spacial score (nSPS) is 13.0. The van der Waals surface area contributed by atoms with E-state index in [-0.39, 0.29) is 5.78 Å². The molecule has 1 aliphatic heterocycles. The highest BCUT2D eigenvalue weighted by Crippen LogP contribution is 2.32. The van der Waals surface area contributed by atoms with Gasteiger partial charge in [0.05, 0.1) is 11.3 Å². The maximum absolute atomic E-state index is 12.6. The van der Waals surface area contributed by atoms with Crippen LogP contribution in [-0.2, 0) is 0 Å². The molecule has 1 aliphatic rings. The SMILES string of the molecule is Cc1cc(C)c2nc(SCC(=O)c3ccc4c(c3)OCCO4)c(C)cc2c1. The molecule has 0 atom stereocenters. The molecule has 4 rings (SSSR count). The van der Waals surface area contributed by atoms with Gasteiger partial charge >= 0.3 is 0 Å². The van der Waals surface area contributed by atoms with Crippen LogP contribution in [0.4, 0.5) is 0 Å². The largest absolute Gasteiger partial charge is 0.486 e. The molecule has 2 heterocycles. The van der Waals surface area contributed by atoms with Gasteiger partial charge in [-0.05, 0) is 62.2 Å². The van der Waals surface area contributed by atoms with Gasteiger partial charge in [-0.15, -0.1) is 0 Å². The lowest BCUT2D eigenvalue weighted by Gasteiger charge is -2.18. The summed E-state index contributed by atoms with van der Waals surface area (Å²) in [6.07, 6.45) is 0. The fourth-order valence-electron chi connectivity index (χ4n) is 3.32. The van der Waals surface area contributed by atoms with Crippen molar-refractivity contribution in [3.05, 3.63) is 58.7 Å². The third-order valence-electron chi connectivity index (χ3n) is 4.60. The van der Waals surface area contributed by atoms with Crippen LogP contribution < -0.4 is 9.47 Å².